The van der Waals surface area contributed by atoms with Gasteiger partial charge >= 0.3 is 0 Å². The predicted molar refractivity (Wildman–Crippen MR) is 85.2 cm³/mol. The number of hydrogen-bond donors (Lipinski definition) is 1. The number of carbonyl (C=O) groups excluding carboxylic acids is 1. The minimum absolute atomic E-state index is 0.00717. The highest BCUT2D eigenvalue weighted by Gasteiger charge is 2.19. The molecule has 1 atom stereocenters. The molecule has 0 saturated carbocycles. The van der Waals surface area contributed by atoms with Crippen molar-refractivity contribution in [2.75, 3.05) is 6.54 Å². The van der Waals surface area contributed by atoms with E-state index in [0.717, 1.165) is 10.6 Å². The number of aryl methyl sites for hydroxylation is 2. The Morgan fingerprint density at radius 3 is 2.91 bits per heavy atom. The van der Waals surface area contributed by atoms with Gasteiger partial charge in [0.1, 0.15) is 17.6 Å². The smallest absolute Gasteiger partial charge is 0.254 e. The lowest BCUT2D eigenvalue weighted by atomic mass is 10.2. The third kappa shape index (κ3) is 2.96. The molecular weight excluding hydrogens is 298 g/mol. The van der Waals surface area contributed by atoms with E-state index >= 15 is 0 Å². The Morgan fingerprint density at radius 1 is 1.45 bits per heavy atom. The van der Waals surface area contributed by atoms with E-state index in [-0.39, 0.29) is 11.9 Å². The van der Waals surface area contributed by atoms with Crippen molar-refractivity contribution in [2.45, 2.75) is 19.9 Å². The van der Waals surface area contributed by atoms with Gasteiger partial charge in [-0.15, -0.1) is 11.3 Å². The van der Waals surface area contributed by atoms with Crippen LogP contribution in [-0.4, -0.2) is 22.2 Å². The maximum atomic E-state index is 12.3. The Bertz CT molecular complexity index is 710. The molecule has 0 saturated heterocycles. The van der Waals surface area contributed by atoms with Gasteiger partial charge in [-0.05, 0) is 37.4 Å². The first-order valence-corrected chi connectivity index (χ1v) is 7.91. The Kier molecular flexibility index (Phi) is 4.11. The minimum atomic E-state index is -0.122. The summed E-state index contributed by atoms with van der Waals surface area (Å²) in [5, 5.41) is 9.30. The monoisotopic (exact) mass is 315 g/mol. The normalized spacial score (nSPS) is 12.3. The van der Waals surface area contributed by atoms with Crippen LogP contribution in [0.3, 0.4) is 0 Å². The van der Waals surface area contributed by atoms with Gasteiger partial charge in [0.05, 0.1) is 5.56 Å². The van der Waals surface area contributed by atoms with Crippen LogP contribution in [-0.2, 0) is 0 Å². The number of nitrogens with zero attached hydrogens (tertiary/aromatic N) is 2. The maximum absolute atomic E-state index is 12.3. The molecule has 114 valence electrons. The van der Waals surface area contributed by atoms with Crippen LogP contribution in [0.25, 0.3) is 0 Å². The lowest BCUT2D eigenvalue weighted by Crippen LogP contribution is -2.31. The van der Waals surface area contributed by atoms with Crippen LogP contribution in [0.1, 0.15) is 32.8 Å². The van der Waals surface area contributed by atoms with E-state index in [1.54, 1.807) is 30.5 Å². The van der Waals surface area contributed by atoms with Crippen molar-refractivity contribution in [3.05, 3.63) is 64.0 Å². The van der Waals surface area contributed by atoms with Crippen LogP contribution < -0.4 is 5.32 Å². The summed E-state index contributed by atoms with van der Waals surface area (Å²) < 4.78 is 7.27. The topological polar surface area (TPSA) is 60.1 Å². The van der Waals surface area contributed by atoms with Gasteiger partial charge in [-0.3, -0.25) is 9.48 Å². The summed E-state index contributed by atoms with van der Waals surface area (Å²) >= 11 is 1.65. The number of rotatable bonds is 5. The molecule has 3 aromatic rings. The summed E-state index contributed by atoms with van der Waals surface area (Å²) in [6, 6.07) is 7.69. The van der Waals surface area contributed by atoms with E-state index in [0.29, 0.717) is 17.9 Å². The molecule has 3 aromatic heterocycles. The predicted octanol–water partition coefficient (Wildman–Crippen LogP) is 3.17. The zero-order valence-corrected chi connectivity index (χ0v) is 13.3. The van der Waals surface area contributed by atoms with Gasteiger partial charge in [0.15, 0.2) is 0 Å². The molecule has 0 radical (unpaired) electrons. The molecule has 1 N–H and O–H groups in total. The average molecular weight is 315 g/mol. The van der Waals surface area contributed by atoms with Crippen molar-refractivity contribution >= 4 is 17.2 Å². The van der Waals surface area contributed by atoms with Crippen LogP contribution in [0.5, 0.6) is 0 Å². The third-order valence-electron chi connectivity index (χ3n) is 3.46. The second-order valence-corrected chi connectivity index (χ2v) is 6.03. The van der Waals surface area contributed by atoms with Gasteiger partial charge < -0.3 is 9.73 Å². The number of furan rings is 1. The molecule has 1 amide bonds. The Labute approximate surface area is 132 Å². The molecular formula is C16H17N3O2S. The third-order valence-corrected chi connectivity index (χ3v) is 4.43. The van der Waals surface area contributed by atoms with E-state index in [1.807, 2.05) is 35.3 Å². The molecule has 6 heteroatoms. The Morgan fingerprint density at radius 2 is 2.32 bits per heavy atom. The highest BCUT2D eigenvalue weighted by molar-refractivity contribution is 7.10. The van der Waals surface area contributed by atoms with Crippen LogP contribution in [0.4, 0.5) is 0 Å². The summed E-state index contributed by atoms with van der Waals surface area (Å²) in [6.45, 7) is 4.11. The van der Waals surface area contributed by atoms with E-state index in [2.05, 4.69) is 16.5 Å². The summed E-state index contributed by atoms with van der Waals surface area (Å²) in [7, 11) is 0. The van der Waals surface area contributed by atoms with Crippen molar-refractivity contribution in [2.24, 2.45) is 0 Å². The first kappa shape index (κ1) is 14.6. The lowest BCUT2D eigenvalue weighted by molar-refractivity contribution is 0.0948. The van der Waals surface area contributed by atoms with Crippen molar-refractivity contribution in [1.82, 2.24) is 15.1 Å². The number of hydrogen-bond acceptors (Lipinski definition) is 4. The average Bonchev–Trinajstić information content (AvgIpc) is 3.21. The van der Waals surface area contributed by atoms with Gasteiger partial charge in [0, 0.05) is 23.8 Å². The highest BCUT2D eigenvalue weighted by atomic mass is 32.1. The van der Waals surface area contributed by atoms with Crippen LogP contribution >= 0.6 is 11.3 Å². The van der Waals surface area contributed by atoms with Gasteiger partial charge in [0.2, 0.25) is 0 Å². The summed E-state index contributed by atoms with van der Waals surface area (Å²) in [5.74, 6) is 1.26. The fraction of sp³-hybridized carbons (Fsp3) is 0.250. The van der Waals surface area contributed by atoms with E-state index in [9.17, 15) is 4.79 Å². The second-order valence-electron chi connectivity index (χ2n) is 5.05. The summed E-state index contributed by atoms with van der Waals surface area (Å²) in [5.41, 5.74) is 0.586. The van der Waals surface area contributed by atoms with E-state index in [1.165, 1.54) is 0 Å². The molecule has 22 heavy (non-hydrogen) atoms. The molecule has 0 fully saturated rings. The zero-order valence-electron chi connectivity index (χ0n) is 12.4. The number of thiophene rings is 1. The second kappa shape index (κ2) is 6.19. The summed E-state index contributed by atoms with van der Waals surface area (Å²) in [6.07, 6.45) is 3.65. The molecule has 0 spiro atoms. The fourth-order valence-corrected chi connectivity index (χ4v) is 3.23. The van der Waals surface area contributed by atoms with Gasteiger partial charge in [-0.2, -0.15) is 5.10 Å². The van der Waals surface area contributed by atoms with Gasteiger partial charge in [-0.25, -0.2) is 0 Å². The molecule has 0 aromatic carbocycles. The number of carbonyl (C=O) groups is 1. The van der Waals surface area contributed by atoms with Crippen molar-refractivity contribution in [3.63, 3.8) is 0 Å². The molecule has 3 heterocycles. The Hall–Kier alpha value is -2.34. The molecule has 0 aliphatic heterocycles. The zero-order chi connectivity index (χ0) is 15.5. The van der Waals surface area contributed by atoms with Crippen LogP contribution in [0.15, 0.2) is 46.5 Å². The number of nitrogens with one attached hydrogen (secondary N) is 1. The fourth-order valence-electron chi connectivity index (χ4n) is 2.41. The standard InChI is InChI=1S/C16H17N3O2S/c1-11-9-13(12(2)21-11)16(20)17-10-14(15-5-3-8-22-15)19-7-4-6-18-19/h3-9,14H,10H2,1-2H3,(H,17,20)/t14-/m0/s1. The quantitative estimate of drug-likeness (QED) is 0.786. The molecule has 3 rings (SSSR count). The van der Waals surface area contributed by atoms with Crippen LogP contribution in [0, 0.1) is 13.8 Å². The number of amides is 1. The molecule has 0 aliphatic carbocycles. The molecule has 0 unspecified atom stereocenters. The van der Waals surface area contributed by atoms with Crippen molar-refractivity contribution in [1.29, 1.82) is 0 Å². The SMILES string of the molecule is Cc1cc(C(=O)NC[C@@H](c2cccs2)n2cccn2)c(C)o1. The highest BCUT2D eigenvalue weighted by Crippen LogP contribution is 2.22. The molecule has 0 bridgehead atoms. The lowest BCUT2D eigenvalue weighted by Gasteiger charge is -2.17. The molecule has 0 aliphatic rings. The number of aromatic nitrogens is 2. The van der Waals surface area contributed by atoms with Crippen LogP contribution in [0.2, 0.25) is 0 Å². The first-order valence-electron chi connectivity index (χ1n) is 7.03. The minimum Gasteiger partial charge on any atom is -0.466 e. The summed E-state index contributed by atoms with van der Waals surface area (Å²) in [4.78, 5) is 13.5. The maximum Gasteiger partial charge on any atom is 0.254 e. The van der Waals surface area contributed by atoms with E-state index < -0.39 is 0 Å². The largest absolute Gasteiger partial charge is 0.466 e. The molecule has 5 nitrogen and oxygen atoms in total. The van der Waals surface area contributed by atoms with Crippen molar-refractivity contribution < 1.29 is 9.21 Å². The van der Waals surface area contributed by atoms with Gasteiger partial charge in [0.25, 0.3) is 5.91 Å². The van der Waals surface area contributed by atoms with Gasteiger partial charge in [-0.1, -0.05) is 6.07 Å². The first-order chi connectivity index (χ1) is 10.6. The van der Waals surface area contributed by atoms with Crippen molar-refractivity contribution in [3.8, 4) is 0 Å². The Balaban J connectivity index is 1.75. The van der Waals surface area contributed by atoms with E-state index in [4.69, 9.17) is 4.42 Å².